The van der Waals surface area contributed by atoms with E-state index >= 15 is 0 Å². The number of rotatable bonds is 7. The summed E-state index contributed by atoms with van der Waals surface area (Å²) >= 11 is 5.82. The quantitative estimate of drug-likeness (QED) is 0.717. The van der Waals surface area contributed by atoms with Gasteiger partial charge in [0, 0.05) is 30.2 Å². The van der Waals surface area contributed by atoms with Gasteiger partial charge in [0.25, 0.3) is 0 Å². The molecule has 2 N–H and O–H groups in total. The van der Waals surface area contributed by atoms with E-state index in [1.165, 1.54) is 24.3 Å². The lowest BCUT2D eigenvalue weighted by Crippen LogP contribution is -2.54. The highest BCUT2D eigenvalue weighted by atomic mass is 35.5. The molecular formula is C19H30ClN3O3S. The van der Waals surface area contributed by atoms with Crippen molar-refractivity contribution in [1.29, 1.82) is 0 Å². The third kappa shape index (κ3) is 6.17. The molecule has 0 radical (unpaired) electrons. The van der Waals surface area contributed by atoms with Gasteiger partial charge in [0.1, 0.15) is 6.04 Å². The molecule has 0 aromatic heterocycles. The van der Waals surface area contributed by atoms with E-state index in [2.05, 4.69) is 28.8 Å². The average molecular weight is 416 g/mol. The predicted octanol–water partition coefficient (Wildman–Crippen LogP) is 2.63. The average Bonchev–Trinajstić information content (AvgIpc) is 2.60. The summed E-state index contributed by atoms with van der Waals surface area (Å²) in [6, 6.07) is 5.65. The second-order valence-corrected chi connectivity index (χ2v) is 9.86. The highest BCUT2D eigenvalue weighted by Gasteiger charge is 2.30. The Kier molecular flexibility index (Phi) is 7.68. The molecule has 6 nitrogen and oxygen atoms in total. The van der Waals surface area contributed by atoms with Gasteiger partial charge in [-0.3, -0.25) is 4.79 Å². The fraction of sp³-hybridized carbons (Fsp3) is 0.632. The van der Waals surface area contributed by atoms with Crippen LogP contribution >= 0.6 is 11.6 Å². The van der Waals surface area contributed by atoms with Crippen molar-refractivity contribution in [3.05, 3.63) is 29.3 Å². The largest absolute Gasteiger partial charge is 0.352 e. The molecule has 8 heteroatoms. The summed E-state index contributed by atoms with van der Waals surface area (Å²) < 4.78 is 27.8. The minimum atomic E-state index is -3.80. The van der Waals surface area contributed by atoms with Crippen molar-refractivity contribution in [2.24, 2.45) is 5.92 Å². The van der Waals surface area contributed by atoms with Gasteiger partial charge in [-0.1, -0.05) is 25.4 Å². The molecule has 1 fully saturated rings. The summed E-state index contributed by atoms with van der Waals surface area (Å²) in [5, 5.41) is 3.49. The first-order valence-electron chi connectivity index (χ1n) is 9.42. The van der Waals surface area contributed by atoms with Crippen LogP contribution < -0.4 is 10.0 Å². The number of piperidine rings is 1. The van der Waals surface area contributed by atoms with E-state index in [1.54, 1.807) is 0 Å². The molecule has 1 aliphatic rings. The monoisotopic (exact) mass is 415 g/mol. The first-order chi connectivity index (χ1) is 12.6. The molecule has 27 heavy (non-hydrogen) atoms. The number of carbonyl (C=O) groups excluding carboxylic acids is 1. The molecular weight excluding hydrogens is 386 g/mol. The van der Waals surface area contributed by atoms with Gasteiger partial charge in [-0.2, -0.15) is 4.72 Å². The number of hydrogen-bond acceptors (Lipinski definition) is 4. The molecule has 1 aromatic rings. The Morgan fingerprint density at radius 3 is 2.15 bits per heavy atom. The molecule has 1 aliphatic heterocycles. The van der Waals surface area contributed by atoms with E-state index in [9.17, 15) is 13.2 Å². The fourth-order valence-electron chi connectivity index (χ4n) is 3.19. The Morgan fingerprint density at radius 2 is 1.67 bits per heavy atom. The molecule has 1 amide bonds. The normalized spacial score (nSPS) is 18.0. The topological polar surface area (TPSA) is 78.5 Å². The van der Waals surface area contributed by atoms with E-state index in [4.69, 9.17) is 11.6 Å². The van der Waals surface area contributed by atoms with Gasteiger partial charge in [-0.15, -0.1) is 0 Å². The van der Waals surface area contributed by atoms with E-state index in [-0.39, 0.29) is 22.8 Å². The maximum Gasteiger partial charge on any atom is 0.241 e. The summed E-state index contributed by atoms with van der Waals surface area (Å²) in [6.45, 7) is 9.86. The highest BCUT2D eigenvalue weighted by molar-refractivity contribution is 7.89. The molecule has 1 heterocycles. The number of hydrogen-bond donors (Lipinski definition) is 2. The SMILES string of the molecule is CC(C)[C@H](NS(=O)(=O)c1ccc(Cl)cc1)C(=O)NC1CCN(C(C)C)CC1. The lowest BCUT2D eigenvalue weighted by atomic mass is 10.0. The Labute approximate surface area is 167 Å². The number of likely N-dealkylation sites (tertiary alicyclic amines) is 1. The van der Waals surface area contributed by atoms with Crippen LogP contribution in [0.25, 0.3) is 0 Å². The zero-order valence-electron chi connectivity index (χ0n) is 16.4. The van der Waals surface area contributed by atoms with Gasteiger partial charge >= 0.3 is 0 Å². The zero-order valence-corrected chi connectivity index (χ0v) is 18.0. The standard InChI is InChI=1S/C19H30ClN3O3S/c1-13(2)18(22-27(25,26)17-7-5-15(20)6-8-17)19(24)21-16-9-11-23(12-10-16)14(3)4/h5-8,13-14,16,18,22H,9-12H2,1-4H3,(H,21,24)/t18-/m0/s1. The van der Waals surface area contributed by atoms with Gasteiger partial charge < -0.3 is 10.2 Å². The second kappa shape index (κ2) is 9.37. The van der Waals surface area contributed by atoms with Crippen LogP contribution in [-0.4, -0.2) is 50.4 Å². The van der Waals surface area contributed by atoms with Crippen LogP contribution in [0.15, 0.2) is 29.2 Å². The van der Waals surface area contributed by atoms with Crippen LogP contribution in [0.5, 0.6) is 0 Å². The van der Waals surface area contributed by atoms with Crippen molar-refractivity contribution in [2.75, 3.05) is 13.1 Å². The molecule has 1 aromatic carbocycles. The number of benzene rings is 1. The molecule has 1 saturated heterocycles. The van der Waals surface area contributed by atoms with Gasteiger partial charge in [0.2, 0.25) is 15.9 Å². The van der Waals surface area contributed by atoms with Crippen molar-refractivity contribution < 1.29 is 13.2 Å². The Morgan fingerprint density at radius 1 is 1.11 bits per heavy atom. The first kappa shape index (κ1) is 22.1. The number of carbonyl (C=O) groups is 1. The maximum atomic E-state index is 12.8. The van der Waals surface area contributed by atoms with Gasteiger partial charge in [-0.05, 0) is 56.9 Å². The van der Waals surface area contributed by atoms with Crippen LogP contribution in [0.4, 0.5) is 0 Å². The molecule has 2 rings (SSSR count). The lowest BCUT2D eigenvalue weighted by molar-refractivity contribution is -0.124. The third-order valence-corrected chi connectivity index (χ3v) is 6.67. The maximum absolute atomic E-state index is 12.8. The Balaban J connectivity index is 2.02. The van der Waals surface area contributed by atoms with Gasteiger partial charge in [-0.25, -0.2) is 8.42 Å². The molecule has 0 bridgehead atoms. The Hall–Kier alpha value is -1.15. The van der Waals surface area contributed by atoms with Gasteiger partial charge in [0.15, 0.2) is 0 Å². The number of amides is 1. The van der Waals surface area contributed by atoms with E-state index < -0.39 is 16.1 Å². The molecule has 0 saturated carbocycles. The fourth-order valence-corrected chi connectivity index (χ4v) is 4.66. The Bertz CT molecular complexity index is 727. The zero-order chi connectivity index (χ0) is 20.2. The van der Waals surface area contributed by atoms with Crippen LogP contribution in [0.1, 0.15) is 40.5 Å². The predicted molar refractivity (Wildman–Crippen MR) is 108 cm³/mol. The van der Waals surface area contributed by atoms with Crippen LogP contribution in [0, 0.1) is 5.92 Å². The lowest BCUT2D eigenvalue weighted by Gasteiger charge is -2.35. The summed E-state index contributed by atoms with van der Waals surface area (Å²) in [5.41, 5.74) is 0. The third-order valence-electron chi connectivity index (χ3n) is 4.96. The smallest absolute Gasteiger partial charge is 0.241 e. The van der Waals surface area contributed by atoms with Crippen molar-refractivity contribution >= 4 is 27.5 Å². The minimum absolute atomic E-state index is 0.0776. The number of nitrogens with one attached hydrogen (secondary N) is 2. The van der Waals surface area contributed by atoms with Gasteiger partial charge in [0.05, 0.1) is 4.90 Å². The summed E-state index contributed by atoms with van der Waals surface area (Å²) in [5.74, 6) is -0.451. The number of nitrogens with zero attached hydrogens (tertiary/aromatic N) is 1. The summed E-state index contributed by atoms with van der Waals surface area (Å²) in [7, 11) is -3.80. The molecule has 0 unspecified atom stereocenters. The van der Waals surface area contributed by atoms with E-state index in [1.807, 2.05) is 13.8 Å². The molecule has 0 spiro atoms. The number of sulfonamides is 1. The highest BCUT2D eigenvalue weighted by Crippen LogP contribution is 2.17. The molecule has 1 atom stereocenters. The minimum Gasteiger partial charge on any atom is -0.352 e. The molecule has 152 valence electrons. The van der Waals surface area contributed by atoms with E-state index in [0.29, 0.717) is 11.1 Å². The second-order valence-electron chi connectivity index (χ2n) is 7.71. The van der Waals surface area contributed by atoms with Crippen molar-refractivity contribution in [1.82, 2.24) is 14.9 Å². The van der Waals surface area contributed by atoms with E-state index in [0.717, 1.165) is 25.9 Å². The summed E-state index contributed by atoms with van der Waals surface area (Å²) in [4.78, 5) is 15.2. The van der Waals surface area contributed by atoms with Crippen molar-refractivity contribution in [2.45, 2.75) is 63.6 Å². The molecule has 0 aliphatic carbocycles. The van der Waals surface area contributed by atoms with Crippen LogP contribution in [-0.2, 0) is 14.8 Å². The van der Waals surface area contributed by atoms with Crippen LogP contribution in [0.3, 0.4) is 0 Å². The van der Waals surface area contributed by atoms with Crippen molar-refractivity contribution in [3.63, 3.8) is 0 Å². The summed E-state index contributed by atoms with van der Waals surface area (Å²) in [6.07, 6.45) is 1.75. The first-order valence-corrected chi connectivity index (χ1v) is 11.3. The van der Waals surface area contributed by atoms with Crippen molar-refractivity contribution in [3.8, 4) is 0 Å². The van der Waals surface area contributed by atoms with Crippen LogP contribution in [0.2, 0.25) is 5.02 Å². The number of halogens is 1.